The van der Waals surface area contributed by atoms with Crippen molar-refractivity contribution in [3.8, 4) is 0 Å². The SMILES string of the molecule is C[C@@](N)(CO)c1cnc(F)c(N)c1. The van der Waals surface area contributed by atoms with Gasteiger partial charge in [-0.15, -0.1) is 0 Å². The molecule has 0 saturated carbocycles. The van der Waals surface area contributed by atoms with Crippen LogP contribution in [0.1, 0.15) is 12.5 Å². The standard InChI is InChI=1S/C8H12FN3O/c1-8(11,4-13)5-2-6(10)7(9)12-3-5/h2-3,13H,4,10-11H2,1H3/t8-/m1/s1. The Labute approximate surface area is 75.4 Å². The van der Waals surface area contributed by atoms with E-state index in [1.165, 1.54) is 12.3 Å². The third-order valence-electron chi connectivity index (χ3n) is 1.85. The van der Waals surface area contributed by atoms with Gasteiger partial charge in [-0.1, -0.05) is 0 Å². The maximum absolute atomic E-state index is 12.7. The van der Waals surface area contributed by atoms with Crippen LogP contribution in [0.4, 0.5) is 10.1 Å². The summed E-state index contributed by atoms with van der Waals surface area (Å²) in [5, 5.41) is 8.92. The first kappa shape index (κ1) is 9.88. The summed E-state index contributed by atoms with van der Waals surface area (Å²) in [6.07, 6.45) is 1.27. The van der Waals surface area contributed by atoms with Gasteiger partial charge in [0.2, 0.25) is 5.95 Å². The monoisotopic (exact) mass is 185 g/mol. The van der Waals surface area contributed by atoms with E-state index in [2.05, 4.69) is 4.98 Å². The van der Waals surface area contributed by atoms with Gasteiger partial charge < -0.3 is 16.6 Å². The number of anilines is 1. The molecule has 1 atom stereocenters. The lowest BCUT2D eigenvalue weighted by Gasteiger charge is -2.21. The molecule has 0 amide bonds. The zero-order valence-corrected chi connectivity index (χ0v) is 7.29. The molecule has 13 heavy (non-hydrogen) atoms. The average Bonchev–Trinajstić information content (AvgIpc) is 2.09. The summed E-state index contributed by atoms with van der Waals surface area (Å²) in [7, 11) is 0. The maximum atomic E-state index is 12.7. The van der Waals surface area contributed by atoms with Crippen LogP contribution in [0, 0.1) is 5.95 Å². The number of halogens is 1. The lowest BCUT2D eigenvalue weighted by Crippen LogP contribution is -2.37. The molecule has 0 spiro atoms. The molecule has 0 saturated heterocycles. The molecule has 5 N–H and O–H groups in total. The minimum atomic E-state index is -0.936. The van der Waals surface area contributed by atoms with Crippen molar-refractivity contribution in [2.75, 3.05) is 12.3 Å². The van der Waals surface area contributed by atoms with E-state index >= 15 is 0 Å². The third kappa shape index (κ3) is 1.93. The molecule has 4 nitrogen and oxygen atoms in total. The molecule has 0 fully saturated rings. The molecule has 0 aliphatic carbocycles. The Morgan fingerprint density at radius 3 is 2.77 bits per heavy atom. The van der Waals surface area contributed by atoms with Gasteiger partial charge in [0, 0.05) is 6.20 Å². The topological polar surface area (TPSA) is 85.2 Å². The van der Waals surface area contributed by atoms with Crippen LogP contribution in [0.5, 0.6) is 0 Å². The first-order valence-electron chi connectivity index (χ1n) is 3.78. The Kier molecular flexibility index (Phi) is 2.49. The number of nitrogens with two attached hydrogens (primary N) is 2. The minimum Gasteiger partial charge on any atom is -0.395 e. The molecule has 0 aliphatic rings. The van der Waals surface area contributed by atoms with Gasteiger partial charge in [-0.05, 0) is 18.6 Å². The Morgan fingerprint density at radius 1 is 1.69 bits per heavy atom. The van der Waals surface area contributed by atoms with E-state index in [0.29, 0.717) is 5.56 Å². The van der Waals surface area contributed by atoms with E-state index in [1.807, 2.05) is 0 Å². The number of nitrogen functional groups attached to an aromatic ring is 1. The quantitative estimate of drug-likeness (QED) is 0.565. The summed E-state index contributed by atoms with van der Waals surface area (Å²) in [5.74, 6) is -0.725. The number of nitrogens with zero attached hydrogens (tertiary/aromatic N) is 1. The number of aromatic nitrogens is 1. The third-order valence-corrected chi connectivity index (χ3v) is 1.85. The average molecular weight is 185 g/mol. The van der Waals surface area contributed by atoms with Gasteiger partial charge in [-0.2, -0.15) is 4.39 Å². The molecule has 5 heteroatoms. The first-order valence-corrected chi connectivity index (χ1v) is 3.78. The van der Waals surface area contributed by atoms with Gasteiger partial charge in [0.1, 0.15) is 0 Å². The van der Waals surface area contributed by atoms with Crippen molar-refractivity contribution >= 4 is 5.69 Å². The smallest absolute Gasteiger partial charge is 0.236 e. The second kappa shape index (κ2) is 3.27. The normalized spacial score (nSPS) is 15.4. The molecular formula is C8H12FN3O. The zero-order chi connectivity index (χ0) is 10.1. The van der Waals surface area contributed by atoms with Crippen LogP contribution in [0.3, 0.4) is 0 Å². The van der Waals surface area contributed by atoms with E-state index in [1.54, 1.807) is 6.92 Å². The van der Waals surface area contributed by atoms with Gasteiger partial charge in [-0.3, -0.25) is 0 Å². The van der Waals surface area contributed by atoms with Gasteiger partial charge >= 0.3 is 0 Å². The van der Waals surface area contributed by atoms with Crippen LogP contribution in [-0.2, 0) is 5.54 Å². The van der Waals surface area contributed by atoms with Crippen LogP contribution in [0.2, 0.25) is 0 Å². The van der Waals surface area contributed by atoms with E-state index < -0.39 is 11.5 Å². The molecular weight excluding hydrogens is 173 g/mol. The summed E-state index contributed by atoms with van der Waals surface area (Å²) in [6.45, 7) is 1.36. The van der Waals surface area contributed by atoms with E-state index in [9.17, 15) is 4.39 Å². The highest BCUT2D eigenvalue weighted by Crippen LogP contribution is 2.19. The Balaban J connectivity index is 3.10. The summed E-state index contributed by atoms with van der Waals surface area (Å²) >= 11 is 0. The highest BCUT2D eigenvalue weighted by Gasteiger charge is 2.21. The van der Waals surface area contributed by atoms with Crippen molar-refractivity contribution in [3.63, 3.8) is 0 Å². The molecule has 1 rings (SSSR count). The second-order valence-electron chi connectivity index (χ2n) is 3.18. The van der Waals surface area contributed by atoms with Crippen LogP contribution >= 0.6 is 0 Å². The van der Waals surface area contributed by atoms with E-state index in [-0.39, 0.29) is 12.3 Å². The molecule has 0 bridgehead atoms. The minimum absolute atomic E-state index is 0.0670. The lowest BCUT2D eigenvalue weighted by molar-refractivity contribution is 0.209. The number of pyridine rings is 1. The largest absolute Gasteiger partial charge is 0.395 e. The molecule has 0 aromatic carbocycles. The summed E-state index contributed by atoms with van der Waals surface area (Å²) < 4.78 is 12.7. The number of hydrogen-bond acceptors (Lipinski definition) is 4. The fraction of sp³-hybridized carbons (Fsp3) is 0.375. The molecule has 0 aliphatic heterocycles. The molecule has 0 radical (unpaired) electrons. The van der Waals surface area contributed by atoms with E-state index in [0.717, 1.165) is 0 Å². The fourth-order valence-electron chi connectivity index (χ4n) is 0.869. The highest BCUT2D eigenvalue weighted by atomic mass is 19.1. The lowest BCUT2D eigenvalue weighted by atomic mass is 9.96. The number of aliphatic hydroxyl groups excluding tert-OH is 1. The number of rotatable bonds is 2. The highest BCUT2D eigenvalue weighted by molar-refractivity contribution is 5.40. The molecule has 1 heterocycles. The molecule has 1 aromatic heterocycles. The summed E-state index contributed by atoms with van der Waals surface area (Å²) in [5.41, 5.74) is 10.5. The molecule has 72 valence electrons. The van der Waals surface area contributed by atoms with Crippen LogP contribution in [-0.4, -0.2) is 16.7 Å². The van der Waals surface area contributed by atoms with Crippen molar-refractivity contribution in [1.82, 2.24) is 4.98 Å². The van der Waals surface area contributed by atoms with E-state index in [4.69, 9.17) is 16.6 Å². The first-order chi connectivity index (χ1) is 5.97. The summed E-state index contributed by atoms with van der Waals surface area (Å²) in [6, 6.07) is 1.37. The molecule has 1 aromatic rings. The number of hydrogen-bond donors (Lipinski definition) is 3. The van der Waals surface area contributed by atoms with Crippen molar-refractivity contribution in [3.05, 3.63) is 23.8 Å². The zero-order valence-electron chi connectivity index (χ0n) is 7.29. The fourth-order valence-corrected chi connectivity index (χ4v) is 0.869. The summed E-state index contributed by atoms with van der Waals surface area (Å²) in [4.78, 5) is 3.41. The maximum Gasteiger partial charge on any atom is 0.236 e. The van der Waals surface area contributed by atoms with Crippen molar-refractivity contribution in [1.29, 1.82) is 0 Å². The second-order valence-corrected chi connectivity index (χ2v) is 3.18. The van der Waals surface area contributed by atoms with Crippen molar-refractivity contribution in [2.45, 2.75) is 12.5 Å². The van der Waals surface area contributed by atoms with Gasteiger partial charge in [0.05, 0.1) is 17.8 Å². The van der Waals surface area contributed by atoms with Gasteiger partial charge in [0.15, 0.2) is 0 Å². The number of aliphatic hydroxyl groups is 1. The molecule has 0 unspecified atom stereocenters. The Bertz CT molecular complexity index is 314. The Hall–Kier alpha value is -1.20. The van der Waals surface area contributed by atoms with Crippen LogP contribution in [0.25, 0.3) is 0 Å². The van der Waals surface area contributed by atoms with Crippen LogP contribution in [0.15, 0.2) is 12.3 Å². The van der Waals surface area contributed by atoms with Crippen LogP contribution < -0.4 is 11.5 Å². The van der Waals surface area contributed by atoms with Gasteiger partial charge in [0.25, 0.3) is 0 Å². The Morgan fingerprint density at radius 2 is 2.31 bits per heavy atom. The predicted octanol–water partition coefficient (Wildman–Crippen LogP) is -0.0309. The predicted molar refractivity (Wildman–Crippen MR) is 47.2 cm³/mol. The van der Waals surface area contributed by atoms with Crippen molar-refractivity contribution < 1.29 is 9.50 Å². The van der Waals surface area contributed by atoms with Gasteiger partial charge in [-0.25, -0.2) is 4.98 Å². The van der Waals surface area contributed by atoms with Crippen molar-refractivity contribution in [2.24, 2.45) is 5.73 Å².